The smallest absolute Gasteiger partial charge is 0.363 e. The maximum absolute atomic E-state index is 10.8. The van der Waals surface area contributed by atoms with Crippen molar-refractivity contribution in [1.82, 2.24) is 24.7 Å². The predicted molar refractivity (Wildman–Crippen MR) is 94.0 cm³/mol. The third kappa shape index (κ3) is 3.51. The van der Waals surface area contributed by atoms with E-state index < -0.39 is 4.92 Å². The molecule has 134 valence electrons. The Hall–Kier alpha value is -3.36. The molecule has 0 unspecified atom stereocenters. The van der Waals surface area contributed by atoms with Crippen molar-refractivity contribution < 1.29 is 9.66 Å². The zero-order valence-electron chi connectivity index (χ0n) is 14.7. The fraction of sp³-hybridized carbons (Fsp3) is 0.294. The Bertz CT molecular complexity index is 953. The van der Waals surface area contributed by atoms with Crippen LogP contribution in [-0.4, -0.2) is 29.7 Å². The van der Waals surface area contributed by atoms with E-state index in [9.17, 15) is 10.1 Å². The first-order valence-electron chi connectivity index (χ1n) is 8.21. The molecule has 3 rings (SSSR count). The second-order valence-corrected chi connectivity index (χ2v) is 5.53. The van der Waals surface area contributed by atoms with Crippen LogP contribution in [-0.2, 0) is 13.0 Å². The fourth-order valence-electron chi connectivity index (χ4n) is 2.46. The standard InChI is InChI=1S/C17H18N6O3/c1-4-13-12(10-22(5-2)21-13)17-18-9-8-16(20-17)26-14-6-7-15(23(24)25)19-11(14)3/h6-10H,4-5H2,1-3H3. The summed E-state index contributed by atoms with van der Waals surface area (Å²) in [5, 5.41) is 15.3. The van der Waals surface area contributed by atoms with Crippen LogP contribution in [0.1, 0.15) is 25.2 Å². The molecule has 0 bridgehead atoms. The van der Waals surface area contributed by atoms with Gasteiger partial charge in [0.15, 0.2) is 17.3 Å². The van der Waals surface area contributed by atoms with Gasteiger partial charge in [-0.15, -0.1) is 0 Å². The summed E-state index contributed by atoms with van der Waals surface area (Å²) in [6.45, 7) is 6.45. The molecule has 0 aliphatic heterocycles. The Kier molecular flexibility index (Phi) is 4.87. The lowest BCUT2D eigenvalue weighted by molar-refractivity contribution is -0.389. The summed E-state index contributed by atoms with van der Waals surface area (Å²) in [5.74, 6) is 1.03. The molecular formula is C17H18N6O3. The van der Waals surface area contributed by atoms with Gasteiger partial charge < -0.3 is 14.9 Å². The topological polar surface area (TPSA) is 109 Å². The molecule has 9 heteroatoms. The second kappa shape index (κ2) is 7.26. The van der Waals surface area contributed by atoms with Crippen LogP contribution in [0.4, 0.5) is 5.82 Å². The third-order valence-electron chi connectivity index (χ3n) is 3.79. The molecule has 0 atom stereocenters. The first kappa shape index (κ1) is 17.5. The van der Waals surface area contributed by atoms with Crippen LogP contribution >= 0.6 is 0 Å². The Morgan fingerprint density at radius 2 is 2.04 bits per heavy atom. The number of nitro groups is 1. The van der Waals surface area contributed by atoms with Gasteiger partial charge in [0.05, 0.1) is 11.3 Å². The highest BCUT2D eigenvalue weighted by Gasteiger charge is 2.16. The zero-order valence-corrected chi connectivity index (χ0v) is 14.7. The van der Waals surface area contributed by atoms with Gasteiger partial charge in [0.25, 0.3) is 0 Å². The predicted octanol–water partition coefficient (Wildman–Crippen LogP) is 3.33. The average Bonchev–Trinajstić information content (AvgIpc) is 3.07. The van der Waals surface area contributed by atoms with Crippen molar-refractivity contribution in [3.8, 4) is 23.0 Å². The van der Waals surface area contributed by atoms with E-state index in [1.165, 1.54) is 12.1 Å². The number of nitrogens with zero attached hydrogens (tertiary/aromatic N) is 6. The van der Waals surface area contributed by atoms with Gasteiger partial charge in [-0.1, -0.05) is 6.92 Å². The Balaban J connectivity index is 1.91. The molecule has 3 aromatic rings. The molecule has 0 fully saturated rings. The molecule has 0 amide bonds. The molecular weight excluding hydrogens is 336 g/mol. The van der Waals surface area contributed by atoms with Crippen molar-refractivity contribution in [2.45, 2.75) is 33.7 Å². The summed E-state index contributed by atoms with van der Waals surface area (Å²) >= 11 is 0. The third-order valence-corrected chi connectivity index (χ3v) is 3.79. The minimum absolute atomic E-state index is 0.224. The number of hydrogen-bond acceptors (Lipinski definition) is 7. The molecule has 0 saturated carbocycles. The van der Waals surface area contributed by atoms with Crippen LogP contribution in [0, 0.1) is 17.0 Å². The summed E-state index contributed by atoms with van der Waals surface area (Å²) in [5.41, 5.74) is 2.18. The van der Waals surface area contributed by atoms with E-state index in [0.717, 1.165) is 24.2 Å². The van der Waals surface area contributed by atoms with Gasteiger partial charge in [0, 0.05) is 38.0 Å². The van der Waals surface area contributed by atoms with Gasteiger partial charge in [-0.2, -0.15) is 10.1 Å². The quantitative estimate of drug-likeness (QED) is 0.493. The van der Waals surface area contributed by atoms with Crippen molar-refractivity contribution in [2.24, 2.45) is 0 Å². The first-order valence-corrected chi connectivity index (χ1v) is 8.21. The summed E-state index contributed by atoms with van der Waals surface area (Å²) in [6.07, 6.45) is 4.29. The lowest BCUT2D eigenvalue weighted by Crippen LogP contribution is -1.98. The van der Waals surface area contributed by atoms with E-state index >= 15 is 0 Å². The molecule has 0 saturated heterocycles. The van der Waals surface area contributed by atoms with E-state index in [1.807, 2.05) is 24.7 Å². The van der Waals surface area contributed by atoms with E-state index in [0.29, 0.717) is 23.1 Å². The van der Waals surface area contributed by atoms with Crippen LogP contribution in [0.2, 0.25) is 0 Å². The number of aryl methyl sites for hydroxylation is 3. The maximum atomic E-state index is 10.8. The number of pyridine rings is 1. The van der Waals surface area contributed by atoms with Crippen molar-refractivity contribution in [1.29, 1.82) is 0 Å². The molecule has 0 radical (unpaired) electrons. The van der Waals surface area contributed by atoms with Crippen molar-refractivity contribution in [3.05, 3.63) is 52.1 Å². The summed E-state index contributed by atoms with van der Waals surface area (Å²) < 4.78 is 7.59. The molecule has 0 aliphatic rings. The lowest BCUT2D eigenvalue weighted by atomic mass is 10.2. The molecule has 3 aromatic heterocycles. The van der Waals surface area contributed by atoms with Crippen LogP contribution in [0.15, 0.2) is 30.6 Å². The highest BCUT2D eigenvalue weighted by molar-refractivity contribution is 5.57. The van der Waals surface area contributed by atoms with Gasteiger partial charge in [-0.25, -0.2) is 4.98 Å². The minimum atomic E-state index is -0.544. The zero-order chi connectivity index (χ0) is 18.7. The summed E-state index contributed by atoms with van der Waals surface area (Å²) in [4.78, 5) is 22.9. The SMILES string of the molecule is CCc1nn(CC)cc1-c1nccc(Oc2ccc([N+](=O)[O-])nc2C)n1. The van der Waals surface area contributed by atoms with Crippen molar-refractivity contribution in [3.63, 3.8) is 0 Å². The first-order chi connectivity index (χ1) is 12.5. The minimum Gasteiger partial charge on any atom is -0.435 e. The Morgan fingerprint density at radius 3 is 2.69 bits per heavy atom. The fourth-order valence-corrected chi connectivity index (χ4v) is 2.46. The van der Waals surface area contributed by atoms with Crippen LogP contribution in [0.25, 0.3) is 11.4 Å². The van der Waals surface area contributed by atoms with Crippen molar-refractivity contribution in [2.75, 3.05) is 0 Å². The van der Waals surface area contributed by atoms with Gasteiger partial charge in [0.2, 0.25) is 5.88 Å². The second-order valence-electron chi connectivity index (χ2n) is 5.53. The van der Waals surface area contributed by atoms with Crippen LogP contribution in [0.3, 0.4) is 0 Å². The van der Waals surface area contributed by atoms with Gasteiger partial charge >= 0.3 is 5.82 Å². The van der Waals surface area contributed by atoms with Gasteiger partial charge in [-0.05, 0) is 29.3 Å². The van der Waals surface area contributed by atoms with E-state index in [4.69, 9.17) is 4.74 Å². The normalized spacial score (nSPS) is 10.7. The molecule has 3 heterocycles. The molecule has 0 N–H and O–H groups in total. The molecule has 0 aliphatic carbocycles. The van der Waals surface area contributed by atoms with Gasteiger partial charge in [-0.3, -0.25) is 4.68 Å². The Morgan fingerprint density at radius 1 is 1.23 bits per heavy atom. The number of rotatable bonds is 6. The monoisotopic (exact) mass is 354 g/mol. The number of aromatic nitrogens is 5. The molecule has 9 nitrogen and oxygen atoms in total. The van der Waals surface area contributed by atoms with E-state index in [2.05, 4.69) is 20.1 Å². The lowest BCUT2D eigenvalue weighted by Gasteiger charge is -2.06. The van der Waals surface area contributed by atoms with E-state index in [1.54, 1.807) is 19.2 Å². The van der Waals surface area contributed by atoms with Gasteiger partial charge in [0.1, 0.15) is 0 Å². The highest BCUT2D eigenvalue weighted by Crippen LogP contribution is 2.27. The summed E-state index contributed by atoms with van der Waals surface area (Å²) in [6, 6.07) is 4.43. The average molecular weight is 354 g/mol. The molecule has 0 aromatic carbocycles. The largest absolute Gasteiger partial charge is 0.435 e. The molecule has 0 spiro atoms. The maximum Gasteiger partial charge on any atom is 0.363 e. The number of hydrogen-bond donors (Lipinski definition) is 0. The van der Waals surface area contributed by atoms with Crippen LogP contribution in [0.5, 0.6) is 11.6 Å². The highest BCUT2D eigenvalue weighted by atomic mass is 16.6. The van der Waals surface area contributed by atoms with Crippen molar-refractivity contribution >= 4 is 5.82 Å². The molecule has 26 heavy (non-hydrogen) atoms. The summed E-state index contributed by atoms with van der Waals surface area (Å²) in [7, 11) is 0. The van der Waals surface area contributed by atoms with Crippen LogP contribution < -0.4 is 4.74 Å². The van der Waals surface area contributed by atoms with E-state index in [-0.39, 0.29) is 5.82 Å². The Labute approximate surface area is 149 Å². The number of ether oxygens (including phenoxy) is 1.